The van der Waals surface area contributed by atoms with Crippen LogP contribution in [0.3, 0.4) is 0 Å². The Morgan fingerprint density at radius 1 is 1.33 bits per heavy atom. The average molecular weight is 279 g/mol. The molecule has 1 aromatic rings. The lowest BCUT2D eigenvalue weighted by Crippen LogP contribution is -2.21. The molecule has 0 heterocycles. The number of rotatable bonds is 6. The molecule has 1 aromatic carbocycles. The summed E-state index contributed by atoms with van der Waals surface area (Å²) in [5.41, 5.74) is 0.705. The lowest BCUT2D eigenvalue weighted by atomic mass is 10.3. The summed E-state index contributed by atoms with van der Waals surface area (Å²) < 4.78 is 41.6. The topological polar surface area (TPSA) is 21.3 Å². The highest BCUT2D eigenvalue weighted by Crippen LogP contribution is 2.32. The van der Waals surface area contributed by atoms with Crippen LogP contribution < -0.4 is 5.32 Å². The van der Waals surface area contributed by atoms with Crippen LogP contribution in [0.2, 0.25) is 0 Å². The highest BCUT2D eigenvalue weighted by molar-refractivity contribution is 7.99. The normalized spacial score (nSPS) is 13.4. The Bertz CT molecular complexity index is 371. The Kier molecular flexibility index (Phi) is 5.81. The number of alkyl halides is 3. The zero-order chi connectivity index (χ0) is 13.6. The summed E-state index contributed by atoms with van der Waals surface area (Å²) in [6.07, 6.45) is -4.16. The molecule has 0 aliphatic carbocycles. The van der Waals surface area contributed by atoms with Crippen molar-refractivity contribution >= 4 is 17.4 Å². The van der Waals surface area contributed by atoms with E-state index in [1.54, 1.807) is 31.4 Å². The Labute approximate surface area is 109 Å². The largest absolute Gasteiger partial charge is 0.398 e. The van der Waals surface area contributed by atoms with E-state index in [-0.39, 0.29) is 6.04 Å². The summed E-state index contributed by atoms with van der Waals surface area (Å²) >= 11 is 0.786. The molecule has 0 aliphatic heterocycles. The van der Waals surface area contributed by atoms with Crippen molar-refractivity contribution in [3.05, 3.63) is 24.3 Å². The molecule has 0 bridgehead atoms. The van der Waals surface area contributed by atoms with Crippen LogP contribution >= 0.6 is 11.8 Å². The zero-order valence-electron chi connectivity index (χ0n) is 10.3. The molecule has 2 nitrogen and oxygen atoms in total. The van der Waals surface area contributed by atoms with E-state index >= 15 is 0 Å². The van der Waals surface area contributed by atoms with Crippen molar-refractivity contribution < 1.29 is 17.9 Å². The Balaban J connectivity index is 2.67. The molecule has 0 amide bonds. The molecule has 0 aliphatic rings. The van der Waals surface area contributed by atoms with E-state index in [1.807, 2.05) is 6.92 Å². The van der Waals surface area contributed by atoms with Crippen molar-refractivity contribution in [2.24, 2.45) is 0 Å². The maximum atomic E-state index is 12.2. The fourth-order valence-corrected chi connectivity index (χ4v) is 2.20. The Morgan fingerprint density at radius 3 is 2.61 bits per heavy atom. The van der Waals surface area contributed by atoms with Gasteiger partial charge >= 0.3 is 6.18 Å². The van der Waals surface area contributed by atoms with Crippen LogP contribution in [0.25, 0.3) is 0 Å². The van der Waals surface area contributed by atoms with Gasteiger partial charge in [0.2, 0.25) is 0 Å². The van der Waals surface area contributed by atoms with E-state index in [0.29, 0.717) is 17.2 Å². The van der Waals surface area contributed by atoms with Crippen LogP contribution in [0.5, 0.6) is 0 Å². The monoisotopic (exact) mass is 279 g/mol. The van der Waals surface area contributed by atoms with Crippen LogP contribution in [0.1, 0.15) is 6.92 Å². The van der Waals surface area contributed by atoms with Crippen molar-refractivity contribution in [2.45, 2.75) is 24.0 Å². The molecule has 0 aromatic heterocycles. The quantitative estimate of drug-likeness (QED) is 0.801. The molecule has 1 rings (SSSR count). The SMILES string of the molecule is COCC(C)Nc1ccccc1SCC(F)(F)F. The average Bonchev–Trinajstić information content (AvgIpc) is 2.27. The van der Waals surface area contributed by atoms with Crippen LogP contribution in [-0.4, -0.2) is 31.7 Å². The highest BCUT2D eigenvalue weighted by Gasteiger charge is 2.27. The van der Waals surface area contributed by atoms with Crippen molar-refractivity contribution in [3.63, 3.8) is 0 Å². The number of thioether (sulfide) groups is 1. The molecule has 0 saturated heterocycles. The molecule has 1 atom stereocenters. The Morgan fingerprint density at radius 2 is 2.00 bits per heavy atom. The van der Waals surface area contributed by atoms with Gasteiger partial charge in [-0.25, -0.2) is 0 Å². The van der Waals surface area contributed by atoms with E-state index in [9.17, 15) is 13.2 Å². The minimum atomic E-state index is -4.16. The van der Waals surface area contributed by atoms with Gasteiger partial charge in [0.1, 0.15) is 0 Å². The number of nitrogens with one attached hydrogen (secondary N) is 1. The zero-order valence-corrected chi connectivity index (χ0v) is 11.1. The fourth-order valence-electron chi connectivity index (χ4n) is 1.43. The van der Waals surface area contributed by atoms with Gasteiger partial charge in [0.15, 0.2) is 0 Å². The van der Waals surface area contributed by atoms with Crippen molar-refractivity contribution in [2.75, 3.05) is 24.8 Å². The van der Waals surface area contributed by atoms with Gasteiger partial charge in [0, 0.05) is 23.7 Å². The summed E-state index contributed by atoms with van der Waals surface area (Å²) in [6, 6.07) is 7.01. The third kappa shape index (κ3) is 5.64. The van der Waals surface area contributed by atoms with Gasteiger partial charge in [0.25, 0.3) is 0 Å². The number of ether oxygens (including phenoxy) is 1. The maximum absolute atomic E-state index is 12.2. The van der Waals surface area contributed by atoms with Crippen LogP contribution in [0.4, 0.5) is 18.9 Å². The number of benzene rings is 1. The molecule has 1 unspecified atom stereocenters. The van der Waals surface area contributed by atoms with Gasteiger partial charge in [-0.15, -0.1) is 11.8 Å². The second kappa shape index (κ2) is 6.89. The first kappa shape index (κ1) is 15.2. The van der Waals surface area contributed by atoms with Gasteiger partial charge in [-0.1, -0.05) is 12.1 Å². The molecule has 0 radical (unpaired) electrons. The number of methoxy groups -OCH3 is 1. The highest BCUT2D eigenvalue weighted by atomic mass is 32.2. The van der Waals surface area contributed by atoms with E-state index in [0.717, 1.165) is 11.8 Å². The van der Waals surface area contributed by atoms with Gasteiger partial charge in [-0.05, 0) is 19.1 Å². The minimum Gasteiger partial charge on any atom is -0.383 e. The lowest BCUT2D eigenvalue weighted by Gasteiger charge is -2.17. The first-order valence-electron chi connectivity index (χ1n) is 5.46. The van der Waals surface area contributed by atoms with Gasteiger partial charge in [0.05, 0.1) is 12.4 Å². The summed E-state index contributed by atoms with van der Waals surface area (Å²) in [6.45, 7) is 2.41. The molecule has 6 heteroatoms. The lowest BCUT2D eigenvalue weighted by molar-refractivity contribution is -0.105. The van der Waals surface area contributed by atoms with E-state index in [1.165, 1.54) is 0 Å². The molecule has 102 valence electrons. The number of halogens is 3. The van der Waals surface area contributed by atoms with Crippen molar-refractivity contribution in [1.82, 2.24) is 0 Å². The third-order valence-corrected chi connectivity index (χ3v) is 3.24. The first-order valence-corrected chi connectivity index (χ1v) is 6.45. The Hall–Kier alpha value is -0.880. The van der Waals surface area contributed by atoms with E-state index in [4.69, 9.17) is 4.74 Å². The molecule has 18 heavy (non-hydrogen) atoms. The van der Waals surface area contributed by atoms with E-state index in [2.05, 4.69) is 5.32 Å². The van der Waals surface area contributed by atoms with E-state index < -0.39 is 11.9 Å². The predicted octanol–water partition coefficient (Wildman–Crippen LogP) is 3.79. The first-order chi connectivity index (χ1) is 8.42. The smallest absolute Gasteiger partial charge is 0.383 e. The molecule has 0 spiro atoms. The summed E-state index contributed by atoms with van der Waals surface area (Å²) in [5.74, 6) is -0.885. The van der Waals surface area contributed by atoms with Gasteiger partial charge < -0.3 is 10.1 Å². The number of hydrogen-bond acceptors (Lipinski definition) is 3. The number of hydrogen-bond donors (Lipinski definition) is 1. The molecular formula is C12H16F3NOS. The molecular weight excluding hydrogens is 263 g/mol. The summed E-state index contributed by atoms with van der Waals surface area (Å²) in [5, 5.41) is 3.13. The second-order valence-electron chi connectivity index (χ2n) is 3.90. The van der Waals surface area contributed by atoms with Crippen LogP contribution in [0.15, 0.2) is 29.2 Å². The standard InChI is InChI=1S/C12H16F3NOS/c1-9(7-17-2)16-10-5-3-4-6-11(10)18-8-12(13,14)15/h3-6,9,16H,7-8H2,1-2H3. The molecule has 0 fully saturated rings. The number of anilines is 1. The maximum Gasteiger partial charge on any atom is 0.398 e. The van der Waals surface area contributed by atoms with Crippen molar-refractivity contribution in [1.29, 1.82) is 0 Å². The molecule has 1 N–H and O–H groups in total. The minimum absolute atomic E-state index is 0.0441. The van der Waals surface area contributed by atoms with Crippen LogP contribution in [0, 0.1) is 0 Å². The fraction of sp³-hybridized carbons (Fsp3) is 0.500. The van der Waals surface area contributed by atoms with Crippen molar-refractivity contribution in [3.8, 4) is 0 Å². The number of para-hydroxylation sites is 1. The second-order valence-corrected chi connectivity index (χ2v) is 4.92. The van der Waals surface area contributed by atoms with Gasteiger partial charge in [-0.3, -0.25) is 0 Å². The van der Waals surface area contributed by atoms with Gasteiger partial charge in [-0.2, -0.15) is 13.2 Å². The molecule has 0 saturated carbocycles. The predicted molar refractivity (Wildman–Crippen MR) is 68.2 cm³/mol. The third-order valence-electron chi connectivity index (χ3n) is 2.10. The summed E-state index contributed by atoms with van der Waals surface area (Å²) in [7, 11) is 1.59. The summed E-state index contributed by atoms with van der Waals surface area (Å²) in [4.78, 5) is 0.595. The van der Waals surface area contributed by atoms with Crippen LogP contribution in [-0.2, 0) is 4.74 Å².